The standard InChI is InChI=1S/C18H18N6O3/c25-18(13-6-7-17(19-10-13)27-15-8-9-26-12-15)20-11-16-21-22-23-24(16)14-4-2-1-3-5-14/h1-7,10,15H,8-9,11-12H2,(H,20,25). The number of rotatable bonds is 6. The van der Waals surface area contributed by atoms with Gasteiger partial charge in [-0.25, -0.2) is 4.98 Å². The minimum atomic E-state index is -0.263. The predicted molar refractivity (Wildman–Crippen MR) is 94.4 cm³/mol. The number of nitrogens with one attached hydrogen (secondary N) is 1. The van der Waals surface area contributed by atoms with E-state index in [4.69, 9.17) is 9.47 Å². The molecule has 0 spiro atoms. The fraction of sp³-hybridized carbons (Fsp3) is 0.278. The van der Waals surface area contributed by atoms with Crippen molar-refractivity contribution in [3.05, 3.63) is 60.0 Å². The Kier molecular flexibility index (Phi) is 5.01. The van der Waals surface area contributed by atoms with Gasteiger partial charge in [0.2, 0.25) is 5.88 Å². The fourth-order valence-electron chi connectivity index (χ4n) is 2.71. The molecule has 138 valence electrons. The van der Waals surface area contributed by atoms with Gasteiger partial charge in [-0.15, -0.1) is 5.10 Å². The van der Waals surface area contributed by atoms with Gasteiger partial charge in [-0.05, 0) is 28.6 Å². The van der Waals surface area contributed by atoms with E-state index in [-0.39, 0.29) is 18.6 Å². The number of benzene rings is 1. The van der Waals surface area contributed by atoms with Gasteiger partial charge in [0, 0.05) is 18.7 Å². The number of hydrogen-bond acceptors (Lipinski definition) is 7. The van der Waals surface area contributed by atoms with Crippen LogP contribution in [0.5, 0.6) is 5.88 Å². The molecule has 1 fully saturated rings. The van der Waals surface area contributed by atoms with Crippen LogP contribution in [-0.2, 0) is 11.3 Å². The molecule has 2 aromatic heterocycles. The topological polar surface area (TPSA) is 104 Å². The van der Waals surface area contributed by atoms with Gasteiger partial charge >= 0.3 is 0 Å². The van der Waals surface area contributed by atoms with Gasteiger partial charge < -0.3 is 14.8 Å². The molecule has 4 rings (SSSR count). The fourth-order valence-corrected chi connectivity index (χ4v) is 2.71. The van der Waals surface area contributed by atoms with E-state index in [0.717, 1.165) is 12.1 Å². The van der Waals surface area contributed by atoms with Crippen LogP contribution < -0.4 is 10.1 Å². The molecule has 3 aromatic rings. The Bertz CT molecular complexity index is 891. The van der Waals surface area contributed by atoms with Crippen LogP contribution in [0.2, 0.25) is 0 Å². The Labute approximate surface area is 155 Å². The summed E-state index contributed by atoms with van der Waals surface area (Å²) < 4.78 is 12.5. The SMILES string of the molecule is O=C(NCc1nnnn1-c1ccccc1)c1ccc(OC2CCOC2)nc1. The van der Waals surface area contributed by atoms with Crippen LogP contribution in [0.4, 0.5) is 0 Å². The summed E-state index contributed by atoms with van der Waals surface area (Å²) in [6.07, 6.45) is 2.36. The molecule has 9 heteroatoms. The van der Waals surface area contributed by atoms with Crippen LogP contribution in [0.1, 0.15) is 22.6 Å². The first kappa shape index (κ1) is 17.1. The third-order valence-corrected chi connectivity index (χ3v) is 4.12. The maximum Gasteiger partial charge on any atom is 0.253 e. The van der Waals surface area contributed by atoms with Crippen LogP contribution in [-0.4, -0.2) is 50.4 Å². The molecular formula is C18H18N6O3. The monoisotopic (exact) mass is 366 g/mol. The summed E-state index contributed by atoms with van der Waals surface area (Å²) in [5.74, 6) is 0.750. The third kappa shape index (κ3) is 4.09. The summed E-state index contributed by atoms with van der Waals surface area (Å²) in [6.45, 7) is 1.46. The van der Waals surface area contributed by atoms with Crippen molar-refractivity contribution < 1.29 is 14.3 Å². The lowest BCUT2D eigenvalue weighted by Crippen LogP contribution is -2.25. The average molecular weight is 366 g/mol. The number of amides is 1. The lowest BCUT2D eigenvalue weighted by atomic mass is 10.2. The van der Waals surface area contributed by atoms with Crippen molar-refractivity contribution in [1.29, 1.82) is 0 Å². The first-order valence-electron chi connectivity index (χ1n) is 8.61. The van der Waals surface area contributed by atoms with Crippen molar-refractivity contribution in [1.82, 2.24) is 30.5 Å². The molecule has 1 atom stereocenters. The first-order chi connectivity index (χ1) is 13.3. The van der Waals surface area contributed by atoms with Crippen molar-refractivity contribution in [2.24, 2.45) is 0 Å². The third-order valence-electron chi connectivity index (χ3n) is 4.12. The number of carbonyl (C=O) groups is 1. The van der Waals surface area contributed by atoms with Gasteiger partial charge in [0.25, 0.3) is 5.91 Å². The molecule has 1 N–H and O–H groups in total. The zero-order valence-electron chi connectivity index (χ0n) is 14.5. The molecular weight excluding hydrogens is 348 g/mol. The van der Waals surface area contributed by atoms with Gasteiger partial charge in [-0.1, -0.05) is 18.2 Å². The summed E-state index contributed by atoms with van der Waals surface area (Å²) in [6, 6.07) is 12.8. The normalized spacial score (nSPS) is 16.2. The molecule has 1 aromatic carbocycles. The van der Waals surface area contributed by atoms with E-state index in [9.17, 15) is 4.79 Å². The molecule has 1 aliphatic heterocycles. The second kappa shape index (κ2) is 7.92. The number of tetrazole rings is 1. The summed E-state index contributed by atoms with van der Waals surface area (Å²) in [5, 5.41) is 14.4. The van der Waals surface area contributed by atoms with E-state index in [2.05, 4.69) is 25.8 Å². The average Bonchev–Trinajstić information content (AvgIpc) is 3.39. The van der Waals surface area contributed by atoms with Crippen molar-refractivity contribution in [2.75, 3.05) is 13.2 Å². The van der Waals surface area contributed by atoms with E-state index >= 15 is 0 Å². The quantitative estimate of drug-likeness (QED) is 0.698. The van der Waals surface area contributed by atoms with E-state index in [0.29, 0.717) is 30.5 Å². The zero-order valence-corrected chi connectivity index (χ0v) is 14.5. The number of aromatic nitrogens is 5. The molecule has 1 saturated heterocycles. The number of nitrogens with zero attached hydrogens (tertiary/aromatic N) is 5. The van der Waals surface area contributed by atoms with Crippen LogP contribution in [0, 0.1) is 0 Å². The smallest absolute Gasteiger partial charge is 0.253 e. The van der Waals surface area contributed by atoms with Crippen molar-refractivity contribution in [3.8, 4) is 11.6 Å². The molecule has 0 bridgehead atoms. The van der Waals surface area contributed by atoms with E-state index in [1.165, 1.54) is 6.20 Å². The molecule has 0 aliphatic carbocycles. The Morgan fingerprint density at radius 1 is 1.26 bits per heavy atom. The molecule has 9 nitrogen and oxygen atoms in total. The molecule has 1 amide bonds. The van der Waals surface area contributed by atoms with Gasteiger partial charge in [0.1, 0.15) is 6.10 Å². The number of hydrogen-bond donors (Lipinski definition) is 1. The largest absolute Gasteiger partial charge is 0.472 e. The van der Waals surface area contributed by atoms with Crippen LogP contribution in [0.15, 0.2) is 48.7 Å². The van der Waals surface area contributed by atoms with Gasteiger partial charge in [0.05, 0.1) is 31.0 Å². The van der Waals surface area contributed by atoms with E-state index < -0.39 is 0 Å². The van der Waals surface area contributed by atoms with Crippen LogP contribution in [0.3, 0.4) is 0 Å². The maximum atomic E-state index is 12.4. The van der Waals surface area contributed by atoms with Gasteiger partial charge in [-0.3, -0.25) is 4.79 Å². The highest BCUT2D eigenvalue weighted by Gasteiger charge is 2.18. The zero-order chi connectivity index (χ0) is 18.5. The highest BCUT2D eigenvalue weighted by atomic mass is 16.5. The molecule has 1 aliphatic rings. The van der Waals surface area contributed by atoms with Crippen LogP contribution >= 0.6 is 0 Å². The Morgan fingerprint density at radius 3 is 2.89 bits per heavy atom. The summed E-state index contributed by atoms with van der Waals surface area (Å²) >= 11 is 0. The van der Waals surface area contributed by atoms with E-state index in [1.807, 2.05) is 30.3 Å². The lowest BCUT2D eigenvalue weighted by molar-refractivity contribution is 0.0949. The molecule has 3 heterocycles. The Balaban J connectivity index is 1.36. The summed E-state index contributed by atoms with van der Waals surface area (Å²) in [4.78, 5) is 16.5. The van der Waals surface area contributed by atoms with E-state index in [1.54, 1.807) is 16.8 Å². The highest BCUT2D eigenvalue weighted by molar-refractivity contribution is 5.93. The lowest BCUT2D eigenvalue weighted by Gasteiger charge is -2.11. The van der Waals surface area contributed by atoms with Gasteiger partial charge in [-0.2, -0.15) is 4.68 Å². The first-order valence-corrected chi connectivity index (χ1v) is 8.61. The Hall–Kier alpha value is -3.33. The van der Waals surface area contributed by atoms with Crippen molar-refractivity contribution in [3.63, 3.8) is 0 Å². The van der Waals surface area contributed by atoms with Crippen LogP contribution in [0.25, 0.3) is 5.69 Å². The maximum absolute atomic E-state index is 12.4. The molecule has 27 heavy (non-hydrogen) atoms. The summed E-state index contributed by atoms with van der Waals surface area (Å²) in [7, 11) is 0. The predicted octanol–water partition coefficient (Wildman–Crippen LogP) is 1.15. The number of ether oxygens (including phenoxy) is 2. The van der Waals surface area contributed by atoms with Crippen molar-refractivity contribution in [2.45, 2.75) is 19.1 Å². The molecule has 0 radical (unpaired) electrons. The number of pyridine rings is 1. The van der Waals surface area contributed by atoms with Gasteiger partial charge in [0.15, 0.2) is 5.82 Å². The van der Waals surface area contributed by atoms with Crippen molar-refractivity contribution >= 4 is 5.91 Å². The number of para-hydroxylation sites is 1. The minimum Gasteiger partial charge on any atom is -0.472 e. The molecule has 0 saturated carbocycles. The second-order valence-electron chi connectivity index (χ2n) is 6.01. The minimum absolute atomic E-state index is 0.0222. The summed E-state index contributed by atoms with van der Waals surface area (Å²) in [5.41, 5.74) is 1.26. The highest BCUT2D eigenvalue weighted by Crippen LogP contribution is 2.15. The number of carbonyl (C=O) groups excluding carboxylic acids is 1. The molecule has 1 unspecified atom stereocenters. The second-order valence-corrected chi connectivity index (χ2v) is 6.01. The Morgan fingerprint density at radius 2 is 2.15 bits per heavy atom.